The molecule has 0 saturated carbocycles. The Labute approximate surface area is 588 Å². The second-order valence-electron chi connectivity index (χ2n) is 29.7. The van der Waals surface area contributed by atoms with Crippen LogP contribution in [0.3, 0.4) is 0 Å². The molecule has 0 saturated heterocycles. The molecule has 96 heavy (non-hydrogen) atoms. The summed E-state index contributed by atoms with van der Waals surface area (Å²) in [6.07, 6.45) is 51.8. The van der Waals surface area contributed by atoms with Gasteiger partial charge in [0.25, 0.3) is 0 Å². The first kappa shape index (κ1) is 94.1. The molecule has 0 spiro atoms. The van der Waals surface area contributed by atoms with E-state index in [9.17, 15) is 43.2 Å². The lowest BCUT2D eigenvalue weighted by Gasteiger charge is -2.21. The molecule has 0 bridgehead atoms. The minimum atomic E-state index is -4.96. The van der Waals surface area contributed by atoms with Crippen LogP contribution < -0.4 is 0 Å². The van der Waals surface area contributed by atoms with Gasteiger partial charge in [0.05, 0.1) is 26.4 Å². The molecule has 0 heterocycles. The number of aliphatic hydroxyl groups is 1. The maximum absolute atomic E-state index is 13.1. The Balaban J connectivity index is 5.14. The summed E-state index contributed by atoms with van der Waals surface area (Å²) < 4.78 is 68.5. The first-order valence-corrected chi connectivity index (χ1v) is 42.7. The third kappa shape index (κ3) is 70.5. The van der Waals surface area contributed by atoms with E-state index in [4.69, 9.17) is 37.0 Å². The van der Waals surface area contributed by atoms with Gasteiger partial charge in [0.1, 0.15) is 19.3 Å². The fourth-order valence-corrected chi connectivity index (χ4v) is 13.3. The van der Waals surface area contributed by atoms with E-state index in [2.05, 4.69) is 55.4 Å². The maximum Gasteiger partial charge on any atom is 0.472 e. The van der Waals surface area contributed by atoms with Gasteiger partial charge in [-0.1, -0.05) is 338 Å². The van der Waals surface area contributed by atoms with Crippen molar-refractivity contribution in [1.82, 2.24) is 0 Å². The van der Waals surface area contributed by atoms with Gasteiger partial charge in [-0.05, 0) is 49.4 Å². The number of esters is 4. The molecule has 3 N–H and O–H groups in total. The number of aliphatic hydroxyl groups excluding tert-OH is 1. The van der Waals surface area contributed by atoms with Crippen molar-refractivity contribution in [3.05, 3.63) is 0 Å². The summed E-state index contributed by atoms with van der Waals surface area (Å²) >= 11 is 0. The van der Waals surface area contributed by atoms with Gasteiger partial charge in [-0.3, -0.25) is 37.3 Å². The Morgan fingerprint density at radius 2 is 0.438 bits per heavy atom. The third-order valence-electron chi connectivity index (χ3n) is 17.8. The highest BCUT2D eigenvalue weighted by Crippen LogP contribution is 2.45. The Bertz CT molecular complexity index is 1880. The zero-order valence-corrected chi connectivity index (χ0v) is 64.8. The summed E-state index contributed by atoms with van der Waals surface area (Å²) in [6, 6.07) is 0. The minimum Gasteiger partial charge on any atom is -0.462 e. The molecule has 5 atom stereocenters. The molecule has 19 heteroatoms. The van der Waals surface area contributed by atoms with Crippen LogP contribution in [0, 0.1) is 23.7 Å². The van der Waals surface area contributed by atoms with Gasteiger partial charge in [0.2, 0.25) is 0 Å². The van der Waals surface area contributed by atoms with Crippen LogP contribution in [-0.2, 0) is 65.4 Å². The predicted octanol–water partition coefficient (Wildman–Crippen LogP) is 22.4. The molecular weight excluding hydrogens is 1260 g/mol. The standard InChI is InChI=1S/C77H150O17P2/c1-67(2)53-45-37-29-24-20-16-13-11-9-10-12-14-18-23-27-33-43-51-59-76(81)93-72(63-88-75(80)58-50-42-34-28-31-39-47-55-69(5)6)65-91-95(83,84)89-61-71(78)62-90-96(85,86)92-66-73(94-77(82)60-52-44-36-35-40-48-56-70(7)8)64-87-74(79)57-49-41-32-26-22-19-15-17-21-25-30-38-46-54-68(3)4/h67-73,78H,9-66H2,1-8H3,(H,83,84)(H,85,86)/t71?,72-,73-/m1/s1. The van der Waals surface area contributed by atoms with Crippen molar-refractivity contribution in [3.63, 3.8) is 0 Å². The summed E-state index contributed by atoms with van der Waals surface area (Å²) in [5.41, 5.74) is 0. The smallest absolute Gasteiger partial charge is 0.462 e. The molecule has 0 aliphatic heterocycles. The number of phosphoric acid groups is 2. The van der Waals surface area contributed by atoms with Gasteiger partial charge in [-0.2, -0.15) is 0 Å². The Hall–Kier alpha value is -1.94. The molecule has 0 radical (unpaired) electrons. The second kappa shape index (κ2) is 66.3. The molecule has 0 aliphatic carbocycles. The SMILES string of the molecule is CC(C)CCCCCCCCCCCCCCCCCCCCC(=O)O[C@H](COC(=O)CCCCCCCCCC(C)C)COP(=O)(O)OCC(O)COP(=O)(O)OC[C@@H](COC(=O)CCCCCCCCCCCCCCCC(C)C)OC(=O)CCCCCCCCC(C)C. The normalized spacial score (nSPS) is 14.1. The van der Waals surface area contributed by atoms with Crippen molar-refractivity contribution in [3.8, 4) is 0 Å². The van der Waals surface area contributed by atoms with Crippen molar-refractivity contribution in [2.45, 2.75) is 408 Å². The molecule has 0 aromatic rings. The van der Waals surface area contributed by atoms with Crippen molar-refractivity contribution in [2.24, 2.45) is 23.7 Å². The average molecular weight is 1410 g/mol. The van der Waals surface area contributed by atoms with Crippen LogP contribution in [-0.4, -0.2) is 96.7 Å². The van der Waals surface area contributed by atoms with Gasteiger partial charge in [-0.15, -0.1) is 0 Å². The van der Waals surface area contributed by atoms with Gasteiger partial charge in [0.15, 0.2) is 12.2 Å². The molecule has 0 rings (SSSR count). The quantitative estimate of drug-likeness (QED) is 0.0222. The van der Waals surface area contributed by atoms with E-state index in [1.54, 1.807) is 0 Å². The molecule has 0 fully saturated rings. The van der Waals surface area contributed by atoms with Crippen LogP contribution in [0.1, 0.15) is 389 Å². The molecule has 570 valence electrons. The van der Waals surface area contributed by atoms with Crippen molar-refractivity contribution >= 4 is 39.5 Å². The molecule has 0 aromatic carbocycles. The number of unbranched alkanes of at least 4 members (excludes halogenated alkanes) is 40. The van der Waals surface area contributed by atoms with Crippen LogP contribution in [0.2, 0.25) is 0 Å². The summed E-state index contributed by atoms with van der Waals surface area (Å²) in [7, 11) is -9.91. The molecule has 17 nitrogen and oxygen atoms in total. The number of hydrogen-bond acceptors (Lipinski definition) is 15. The van der Waals surface area contributed by atoms with Crippen LogP contribution in [0.4, 0.5) is 0 Å². The summed E-state index contributed by atoms with van der Waals surface area (Å²) in [5, 5.41) is 10.6. The van der Waals surface area contributed by atoms with E-state index in [1.807, 2.05) is 0 Å². The van der Waals surface area contributed by atoms with Gasteiger partial charge >= 0.3 is 39.5 Å². The Kier molecular flexibility index (Phi) is 65.0. The highest BCUT2D eigenvalue weighted by Gasteiger charge is 2.30. The van der Waals surface area contributed by atoms with Crippen molar-refractivity contribution in [1.29, 1.82) is 0 Å². The average Bonchev–Trinajstić information content (AvgIpc) is 1.92. The van der Waals surface area contributed by atoms with Gasteiger partial charge in [0, 0.05) is 25.7 Å². The zero-order valence-electron chi connectivity index (χ0n) is 63.0. The fraction of sp³-hybridized carbons (Fsp3) is 0.948. The first-order chi connectivity index (χ1) is 46.1. The number of rotatable bonds is 74. The van der Waals surface area contributed by atoms with Gasteiger partial charge in [-0.25, -0.2) is 9.13 Å². The van der Waals surface area contributed by atoms with Crippen molar-refractivity contribution in [2.75, 3.05) is 39.6 Å². The van der Waals surface area contributed by atoms with Crippen LogP contribution in [0.15, 0.2) is 0 Å². The summed E-state index contributed by atoms with van der Waals surface area (Å²) in [4.78, 5) is 72.7. The third-order valence-corrected chi connectivity index (χ3v) is 19.7. The Morgan fingerprint density at radius 3 is 0.646 bits per heavy atom. The molecule has 0 amide bonds. The number of carbonyl (C=O) groups is 4. The lowest BCUT2D eigenvalue weighted by atomic mass is 10.0. The lowest BCUT2D eigenvalue weighted by molar-refractivity contribution is -0.161. The zero-order chi connectivity index (χ0) is 71.0. The van der Waals surface area contributed by atoms with Crippen LogP contribution in [0.5, 0.6) is 0 Å². The molecule has 0 aliphatic rings. The van der Waals surface area contributed by atoms with Gasteiger partial charge < -0.3 is 33.8 Å². The van der Waals surface area contributed by atoms with Crippen molar-refractivity contribution < 1.29 is 80.2 Å². The van der Waals surface area contributed by atoms with E-state index in [-0.39, 0.29) is 25.7 Å². The summed E-state index contributed by atoms with van der Waals surface area (Å²) in [5.74, 6) is 0.860. The van der Waals surface area contributed by atoms with Crippen LogP contribution >= 0.6 is 15.6 Å². The fourth-order valence-electron chi connectivity index (χ4n) is 11.7. The first-order valence-electron chi connectivity index (χ1n) is 39.7. The Morgan fingerprint density at radius 1 is 0.260 bits per heavy atom. The highest BCUT2D eigenvalue weighted by atomic mass is 31.2. The number of carbonyl (C=O) groups excluding carboxylic acids is 4. The van der Waals surface area contributed by atoms with E-state index in [1.165, 1.54) is 186 Å². The summed E-state index contributed by atoms with van der Waals surface area (Å²) in [6.45, 7) is 14.1. The highest BCUT2D eigenvalue weighted by molar-refractivity contribution is 7.47. The van der Waals surface area contributed by atoms with E-state index < -0.39 is 97.5 Å². The molecule has 3 unspecified atom stereocenters. The van der Waals surface area contributed by atoms with Crippen LogP contribution in [0.25, 0.3) is 0 Å². The maximum atomic E-state index is 13.1. The second-order valence-corrected chi connectivity index (χ2v) is 32.6. The number of ether oxygens (including phenoxy) is 4. The van der Waals surface area contributed by atoms with E-state index >= 15 is 0 Å². The lowest BCUT2D eigenvalue weighted by Crippen LogP contribution is -2.30. The topological polar surface area (TPSA) is 237 Å². The minimum absolute atomic E-state index is 0.102. The molecular formula is C77H150O17P2. The molecule has 0 aromatic heterocycles. The monoisotopic (exact) mass is 1410 g/mol. The largest absolute Gasteiger partial charge is 0.472 e. The predicted molar refractivity (Wildman–Crippen MR) is 391 cm³/mol. The van der Waals surface area contributed by atoms with E-state index in [0.29, 0.717) is 37.5 Å². The number of phosphoric ester groups is 2. The van der Waals surface area contributed by atoms with E-state index in [0.717, 1.165) is 108 Å². The number of hydrogen-bond donors (Lipinski definition) is 3.